The van der Waals surface area contributed by atoms with Crippen LogP contribution in [0.15, 0.2) is 0 Å². The maximum atomic E-state index is 3.61. The van der Waals surface area contributed by atoms with E-state index in [0.29, 0.717) is 0 Å². The molecule has 2 aliphatic rings. The fourth-order valence-corrected chi connectivity index (χ4v) is 2.44. The molecule has 0 amide bonds. The van der Waals surface area contributed by atoms with E-state index in [4.69, 9.17) is 0 Å². The number of rotatable bonds is 3. The van der Waals surface area contributed by atoms with Gasteiger partial charge < -0.3 is 10.2 Å². The maximum absolute atomic E-state index is 3.61. The summed E-state index contributed by atoms with van der Waals surface area (Å²) in [7, 11) is 0. The zero-order valence-corrected chi connectivity index (χ0v) is 9.79. The Morgan fingerprint density at radius 2 is 2.14 bits per heavy atom. The first-order valence-corrected chi connectivity index (χ1v) is 6.12. The third kappa shape index (κ3) is 2.48. The van der Waals surface area contributed by atoms with E-state index in [-0.39, 0.29) is 0 Å². The lowest BCUT2D eigenvalue weighted by molar-refractivity contribution is 0.167. The third-order valence-electron chi connectivity index (χ3n) is 3.86. The summed E-state index contributed by atoms with van der Waals surface area (Å²) in [5, 5.41) is 3.61. The van der Waals surface area contributed by atoms with E-state index in [1.165, 1.54) is 32.6 Å². The highest BCUT2D eigenvalue weighted by molar-refractivity contribution is 4.88. The summed E-state index contributed by atoms with van der Waals surface area (Å²) in [6.45, 7) is 12.1. The molecule has 2 heteroatoms. The minimum Gasteiger partial charge on any atom is -0.311 e. The van der Waals surface area contributed by atoms with Crippen LogP contribution in [0.5, 0.6) is 0 Å². The van der Waals surface area contributed by atoms with Gasteiger partial charge in [-0.15, -0.1) is 0 Å². The van der Waals surface area contributed by atoms with Gasteiger partial charge in [-0.3, -0.25) is 0 Å². The monoisotopic (exact) mass is 196 g/mol. The average Bonchev–Trinajstić information content (AvgIpc) is 2.82. The first kappa shape index (κ1) is 10.4. The van der Waals surface area contributed by atoms with E-state index in [2.05, 4.69) is 31.0 Å². The van der Waals surface area contributed by atoms with Crippen LogP contribution >= 0.6 is 0 Å². The molecule has 0 spiro atoms. The highest BCUT2D eigenvalue weighted by atomic mass is 15.2. The molecular weight excluding hydrogens is 172 g/mol. The van der Waals surface area contributed by atoms with E-state index in [1.807, 2.05) is 0 Å². The van der Waals surface area contributed by atoms with Crippen LogP contribution in [0, 0.1) is 17.8 Å². The first-order chi connectivity index (χ1) is 6.66. The Bertz CT molecular complexity index is 191. The molecule has 1 saturated heterocycles. The molecule has 0 bridgehead atoms. The largest absolute Gasteiger partial charge is 0.311 e. The van der Waals surface area contributed by atoms with Crippen LogP contribution < -0.4 is 5.32 Å². The van der Waals surface area contributed by atoms with Crippen LogP contribution in [0.1, 0.15) is 27.2 Å². The van der Waals surface area contributed by atoms with Crippen molar-refractivity contribution in [3.05, 3.63) is 0 Å². The number of hydrogen-bond acceptors (Lipinski definition) is 2. The lowest BCUT2D eigenvalue weighted by Gasteiger charge is -2.35. The molecule has 0 aromatic heterocycles. The standard InChI is InChI=1S/C12H24N2/c1-9(2)12-8-14(5-4-13-12)7-11-6-10(11)3/h9-13H,4-8H2,1-3H3/t10?,11?,12-/m1/s1. The van der Waals surface area contributed by atoms with Gasteiger partial charge in [0, 0.05) is 32.2 Å². The van der Waals surface area contributed by atoms with E-state index in [0.717, 1.165) is 23.8 Å². The summed E-state index contributed by atoms with van der Waals surface area (Å²) in [5.74, 6) is 2.79. The summed E-state index contributed by atoms with van der Waals surface area (Å²) in [6.07, 6.45) is 1.47. The SMILES string of the molecule is CC1CC1CN1CCN[C@@H](C(C)C)C1. The van der Waals surface area contributed by atoms with Gasteiger partial charge in [-0.25, -0.2) is 0 Å². The van der Waals surface area contributed by atoms with E-state index in [9.17, 15) is 0 Å². The van der Waals surface area contributed by atoms with Gasteiger partial charge in [0.2, 0.25) is 0 Å². The third-order valence-corrected chi connectivity index (χ3v) is 3.86. The van der Waals surface area contributed by atoms with Crippen LogP contribution in [0.3, 0.4) is 0 Å². The molecule has 1 aliphatic heterocycles. The summed E-state index contributed by atoms with van der Waals surface area (Å²) >= 11 is 0. The minimum atomic E-state index is 0.720. The normalized spacial score (nSPS) is 39.0. The quantitative estimate of drug-likeness (QED) is 0.737. The average molecular weight is 196 g/mol. The van der Waals surface area contributed by atoms with Crippen LogP contribution in [0.4, 0.5) is 0 Å². The zero-order valence-electron chi connectivity index (χ0n) is 9.79. The molecular formula is C12H24N2. The van der Waals surface area contributed by atoms with E-state index in [1.54, 1.807) is 0 Å². The Labute approximate surface area is 88.1 Å². The van der Waals surface area contributed by atoms with Crippen molar-refractivity contribution < 1.29 is 0 Å². The molecule has 1 N–H and O–H groups in total. The van der Waals surface area contributed by atoms with Crippen LogP contribution in [0.25, 0.3) is 0 Å². The Morgan fingerprint density at radius 1 is 1.43 bits per heavy atom. The van der Waals surface area contributed by atoms with Crippen LogP contribution in [0.2, 0.25) is 0 Å². The van der Waals surface area contributed by atoms with Gasteiger partial charge in [-0.2, -0.15) is 0 Å². The summed E-state index contributed by atoms with van der Waals surface area (Å²) in [4.78, 5) is 2.66. The molecule has 2 nitrogen and oxygen atoms in total. The number of nitrogens with zero attached hydrogens (tertiary/aromatic N) is 1. The predicted octanol–water partition coefficient (Wildman–Crippen LogP) is 1.57. The molecule has 2 fully saturated rings. The van der Waals surface area contributed by atoms with Gasteiger partial charge in [0.15, 0.2) is 0 Å². The number of hydrogen-bond donors (Lipinski definition) is 1. The van der Waals surface area contributed by atoms with Crippen molar-refractivity contribution in [2.45, 2.75) is 33.2 Å². The fourth-order valence-electron chi connectivity index (χ4n) is 2.44. The van der Waals surface area contributed by atoms with Crippen molar-refractivity contribution in [2.75, 3.05) is 26.2 Å². The smallest absolute Gasteiger partial charge is 0.0218 e. The zero-order chi connectivity index (χ0) is 10.1. The maximum Gasteiger partial charge on any atom is 0.0218 e. The van der Waals surface area contributed by atoms with Gasteiger partial charge in [0.05, 0.1) is 0 Å². The van der Waals surface area contributed by atoms with Crippen molar-refractivity contribution in [3.63, 3.8) is 0 Å². The lowest BCUT2D eigenvalue weighted by Crippen LogP contribution is -2.53. The highest BCUT2D eigenvalue weighted by Gasteiger charge is 2.35. The second-order valence-corrected chi connectivity index (χ2v) is 5.54. The molecule has 0 aromatic rings. The van der Waals surface area contributed by atoms with Crippen molar-refractivity contribution in [2.24, 2.45) is 17.8 Å². The van der Waals surface area contributed by atoms with Crippen molar-refractivity contribution in [3.8, 4) is 0 Å². The molecule has 3 atom stereocenters. The molecule has 1 heterocycles. The van der Waals surface area contributed by atoms with Crippen molar-refractivity contribution >= 4 is 0 Å². The molecule has 14 heavy (non-hydrogen) atoms. The molecule has 82 valence electrons. The Hall–Kier alpha value is -0.0800. The van der Waals surface area contributed by atoms with Crippen LogP contribution in [-0.2, 0) is 0 Å². The van der Waals surface area contributed by atoms with Crippen molar-refractivity contribution in [1.29, 1.82) is 0 Å². The molecule has 0 aromatic carbocycles. The minimum absolute atomic E-state index is 0.720. The second kappa shape index (κ2) is 4.19. The van der Waals surface area contributed by atoms with Gasteiger partial charge in [-0.1, -0.05) is 20.8 Å². The fraction of sp³-hybridized carbons (Fsp3) is 1.00. The Kier molecular flexibility index (Phi) is 3.13. The molecule has 1 saturated carbocycles. The summed E-state index contributed by atoms with van der Waals surface area (Å²) < 4.78 is 0. The lowest BCUT2D eigenvalue weighted by atomic mass is 10.0. The number of piperazine rings is 1. The Balaban J connectivity index is 1.76. The highest BCUT2D eigenvalue weighted by Crippen LogP contribution is 2.38. The van der Waals surface area contributed by atoms with Gasteiger partial charge in [0.1, 0.15) is 0 Å². The molecule has 2 unspecified atom stereocenters. The Morgan fingerprint density at radius 3 is 2.71 bits per heavy atom. The van der Waals surface area contributed by atoms with Gasteiger partial charge in [0.25, 0.3) is 0 Å². The molecule has 2 rings (SSSR count). The van der Waals surface area contributed by atoms with E-state index < -0.39 is 0 Å². The topological polar surface area (TPSA) is 15.3 Å². The number of nitrogens with one attached hydrogen (secondary N) is 1. The van der Waals surface area contributed by atoms with Crippen LogP contribution in [-0.4, -0.2) is 37.1 Å². The molecule has 1 aliphatic carbocycles. The van der Waals surface area contributed by atoms with Crippen molar-refractivity contribution in [1.82, 2.24) is 10.2 Å². The van der Waals surface area contributed by atoms with E-state index >= 15 is 0 Å². The summed E-state index contributed by atoms with van der Waals surface area (Å²) in [6, 6.07) is 0.720. The molecule has 0 radical (unpaired) electrons. The predicted molar refractivity (Wildman–Crippen MR) is 60.3 cm³/mol. The van der Waals surface area contributed by atoms with Gasteiger partial charge >= 0.3 is 0 Å². The first-order valence-electron chi connectivity index (χ1n) is 6.12. The van der Waals surface area contributed by atoms with Gasteiger partial charge in [-0.05, 0) is 24.2 Å². The second-order valence-electron chi connectivity index (χ2n) is 5.54. The summed E-state index contributed by atoms with van der Waals surface area (Å²) in [5.41, 5.74) is 0.